The number of aryl methyl sites for hydroxylation is 2. The predicted octanol–water partition coefficient (Wildman–Crippen LogP) is 6.42. The second kappa shape index (κ2) is 11.2. The fourth-order valence-electron chi connectivity index (χ4n) is 3.18. The zero-order valence-electron chi connectivity index (χ0n) is 18.4. The Morgan fingerprint density at radius 3 is 2.50 bits per heavy atom. The predicted molar refractivity (Wildman–Crippen MR) is 121 cm³/mol. The Bertz CT molecular complexity index is 912. The number of azo groups is 1. The van der Waals surface area contributed by atoms with Crippen molar-refractivity contribution in [3.8, 4) is 0 Å². The second-order valence-corrected chi connectivity index (χ2v) is 7.89. The summed E-state index contributed by atoms with van der Waals surface area (Å²) in [5, 5.41) is 19.0. The third kappa shape index (κ3) is 5.89. The molecule has 2 unspecified atom stereocenters. The Hall–Kier alpha value is -2.24. The lowest BCUT2D eigenvalue weighted by Gasteiger charge is -2.21. The quantitative estimate of drug-likeness (QED) is 0.368. The molecule has 0 bridgehead atoms. The summed E-state index contributed by atoms with van der Waals surface area (Å²) in [7, 11) is 0. The number of halogens is 1. The van der Waals surface area contributed by atoms with Crippen LogP contribution in [0.15, 0.2) is 40.6 Å². The van der Waals surface area contributed by atoms with Gasteiger partial charge in [-0.3, -0.25) is 4.79 Å². The first-order chi connectivity index (χ1) is 14.3. The Morgan fingerprint density at radius 2 is 1.87 bits per heavy atom. The van der Waals surface area contributed by atoms with Crippen LogP contribution in [0.2, 0.25) is 5.02 Å². The summed E-state index contributed by atoms with van der Waals surface area (Å²) < 4.78 is 5.21. The lowest BCUT2D eigenvalue weighted by molar-refractivity contribution is -0.143. The minimum Gasteiger partial charge on any atom is -0.466 e. The van der Waals surface area contributed by atoms with Crippen LogP contribution in [0.1, 0.15) is 67.3 Å². The molecule has 2 aromatic carbocycles. The summed E-state index contributed by atoms with van der Waals surface area (Å²) in [5.74, 6) is -0.617. The molecule has 0 spiro atoms. The topological polar surface area (TPSA) is 71.2 Å². The summed E-state index contributed by atoms with van der Waals surface area (Å²) >= 11 is 6.80. The molecule has 0 amide bonds. The number of esters is 1. The molecule has 0 saturated heterocycles. The third-order valence-electron chi connectivity index (χ3n) is 5.29. The van der Waals surface area contributed by atoms with E-state index in [0.717, 1.165) is 34.2 Å². The number of rotatable bonds is 9. The van der Waals surface area contributed by atoms with Crippen LogP contribution in [0.3, 0.4) is 0 Å². The van der Waals surface area contributed by atoms with Crippen molar-refractivity contribution in [3.05, 3.63) is 63.2 Å². The van der Waals surface area contributed by atoms with E-state index in [1.807, 2.05) is 51.1 Å². The van der Waals surface area contributed by atoms with Crippen molar-refractivity contribution in [2.24, 2.45) is 10.2 Å². The molecule has 0 radical (unpaired) electrons. The van der Waals surface area contributed by atoms with Gasteiger partial charge < -0.3 is 9.84 Å². The van der Waals surface area contributed by atoms with Crippen molar-refractivity contribution in [1.29, 1.82) is 0 Å². The van der Waals surface area contributed by atoms with Crippen LogP contribution < -0.4 is 0 Å². The highest BCUT2D eigenvalue weighted by atomic mass is 35.5. The summed E-state index contributed by atoms with van der Waals surface area (Å²) in [6.07, 6.45) is 1.03. The number of hydrogen-bond donors (Lipinski definition) is 1. The van der Waals surface area contributed by atoms with E-state index >= 15 is 0 Å². The fourth-order valence-corrected chi connectivity index (χ4v) is 3.56. The Morgan fingerprint density at radius 1 is 1.17 bits per heavy atom. The number of carbonyl (C=O) groups is 1. The second-order valence-electron chi connectivity index (χ2n) is 7.51. The normalized spacial score (nSPS) is 13.4. The van der Waals surface area contributed by atoms with Crippen LogP contribution >= 0.6 is 11.6 Å². The zero-order valence-corrected chi connectivity index (χ0v) is 19.2. The van der Waals surface area contributed by atoms with E-state index in [1.165, 1.54) is 0 Å². The molecule has 2 rings (SSSR count). The zero-order chi connectivity index (χ0) is 22.3. The molecule has 0 heterocycles. The average molecular weight is 431 g/mol. The SMILES string of the molecule is CCOC(=O)CC(c1ccc(C)c(CO)c1)c1ccc(C)c(N=NC(C)CC)c1Cl. The van der Waals surface area contributed by atoms with Gasteiger partial charge in [0.15, 0.2) is 0 Å². The van der Waals surface area contributed by atoms with Gasteiger partial charge >= 0.3 is 5.97 Å². The van der Waals surface area contributed by atoms with Gasteiger partial charge in [-0.2, -0.15) is 10.2 Å². The fraction of sp³-hybridized carbons (Fsp3) is 0.458. The van der Waals surface area contributed by atoms with Crippen molar-refractivity contribution in [2.75, 3.05) is 6.61 Å². The lowest BCUT2D eigenvalue weighted by atomic mass is 9.86. The van der Waals surface area contributed by atoms with Crippen LogP contribution in [0.25, 0.3) is 0 Å². The van der Waals surface area contributed by atoms with Crippen LogP contribution in [-0.4, -0.2) is 23.7 Å². The molecule has 6 heteroatoms. The number of nitrogens with zero attached hydrogens (tertiary/aromatic N) is 2. The van der Waals surface area contributed by atoms with Gasteiger partial charge in [-0.05, 0) is 61.9 Å². The average Bonchev–Trinajstić information content (AvgIpc) is 2.72. The lowest BCUT2D eigenvalue weighted by Crippen LogP contribution is -2.13. The van der Waals surface area contributed by atoms with Gasteiger partial charge in [0.25, 0.3) is 0 Å². The van der Waals surface area contributed by atoms with E-state index in [0.29, 0.717) is 17.3 Å². The standard InChI is InChI=1S/C24H31ClN2O3/c1-6-17(5)26-27-24-16(4)9-11-20(23(24)25)21(13-22(29)30-7-2)18-10-8-15(3)19(12-18)14-28/h8-12,17,21,28H,6-7,13-14H2,1-5H3. The summed E-state index contributed by atoms with van der Waals surface area (Å²) in [5.41, 5.74) is 5.05. The van der Waals surface area contributed by atoms with Gasteiger partial charge in [0.2, 0.25) is 0 Å². The van der Waals surface area contributed by atoms with Crippen molar-refractivity contribution in [1.82, 2.24) is 0 Å². The number of hydrogen-bond acceptors (Lipinski definition) is 5. The molecule has 0 aliphatic heterocycles. The van der Waals surface area contributed by atoms with Crippen molar-refractivity contribution >= 4 is 23.3 Å². The van der Waals surface area contributed by atoms with Crippen molar-refractivity contribution < 1.29 is 14.6 Å². The highest BCUT2D eigenvalue weighted by Gasteiger charge is 2.24. The highest BCUT2D eigenvalue weighted by molar-refractivity contribution is 6.34. The van der Waals surface area contributed by atoms with E-state index in [4.69, 9.17) is 16.3 Å². The van der Waals surface area contributed by atoms with E-state index in [2.05, 4.69) is 17.2 Å². The van der Waals surface area contributed by atoms with Crippen LogP contribution in [0.4, 0.5) is 5.69 Å². The minimum absolute atomic E-state index is 0.0677. The van der Waals surface area contributed by atoms with E-state index in [9.17, 15) is 9.90 Å². The number of aliphatic hydroxyl groups excluding tert-OH is 1. The van der Waals surface area contributed by atoms with Gasteiger partial charge in [0.05, 0.1) is 30.7 Å². The van der Waals surface area contributed by atoms with Crippen LogP contribution in [0.5, 0.6) is 0 Å². The molecule has 5 nitrogen and oxygen atoms in total. The first-order valence-corrected chi connectivity index (χ1v) is 10.8. The Labute approximate surface area is 184 Å². The molecule has 30 heavy (non-hydrogen) atoms. The molecule has 0 saturated carbocycles. The Kier molecular flexibility index (Phi) is 9.00. The Balaban J connectivity index is 2.58. The van der Waals surface area contributed by atoms with Crippen LogP contribution in [-0.2, 0) is 16.1 Å². The van der Waals surface area contributed by atoms with E-state index in [-0.39, 0.29) is 31.0 Å². The van der Waals surface area contributed by atoms with Crippen molar-refractivity contribution in [2.45, 2.75) is 66.0 Å². The maximum absolute atomic E-state index is 12.4. The summed E-state index contributed by atoms with van der Waals surface area (Å²) in [6.45, 7) is 9.98. The maximum atomic E-state index is 12.4. The molecular weight excluding hydrogens is 400 g/mol. The molecule has 0 aliphatic carbocycles. The molecular formula is C24H31ClN2O3. The van der Waals surface area contributed by atoms with Gasteiger partial charge in [-0.1, -0.05) is 48.9 Å². The maximum Gasteiger partial charge on any atom is 0.306 e. The first-order valence-electron chi connectivity index (χ1n) is 10.4. The van der Waals surface area contributed by atoms with Crippen LogP contribution in [0, 0.1) is 13.8 Å². The van der Waals surface area contributed by atoms with Gasteiger partial charge in [-0.15, -0.1) is 0 Å². The summed E-state index contributed by atoms with van der Waals surface area (Å²) in [6, 6.07) is 9.83. The molecule has 1 N–H and O–H groups in total. The molecule has 0 aromatic heterocycles. The molecule has 0 aliphatic rings. The number of ether oxygens (including phenoxy) is 1. The molecule has 2 aromatic rings. The van der Waals surface area contributed by atoms with Gasteiger partial charge in [-0.25, -0.2) is 0 Å². The molecule has 2 atom stereocenters. The number of carbonyl (C=O) groups excluding carboxylic acids is 1. The highest BCUT2D eigenvalue weighted by Crippen LogP contribution is 2.40. The molecule has 162 valence electrons. The minimum atomic E-state index is -0.319. The number of benzene rings is 2. The number of aliphatic hydroxyl groups is 1. The first kappa shape index (κ1) is 24.0. The third-order valence-corrected chi connectivity index (χ3v) is 5.69. The monoisotopic (exact) mass is 430 g/mol. The van der Waals surface area contributed by atoms with E-state index < -0.39 is 0 Å². The largest absolute Gasteiger partial charge is 0.466 e. The smallest absolute Gasteiger partial charge is 0.306 e. The van der Waals surface area contributed by atoms with E-state index in [1.54, 1.807) is 6.92 Å². The summed E-state index contributed by atoms with van der Waals surface area (Å²) in [4.78, 5) is 12.4. The van der Waals surface area contributed by atoms with Gasteiger partial charge in [0, 0.05) is 5.92 Å². The van der Waals surface area contributed by atoms with Gasteiger partial charge in [0.1, 0.15) is 5.69 Å². The molecule has 0 fully saturated rings. The van der Waals surface area contributed by atoms with Crippen molar-refractivity contribution in [3.63, 3.8) is 0 Å².